The van der Waals surface area contributed by atoms with Crippen molar-refractivity contribution in [1.29, 1.82) is 0 Å². The van der Waals surface area contributed by atoms with Crippen molar-refractivity contribution in [1.82, 2.24) is 4.90 Å². The Morgan fingerprint density at radius 3 is 2.62 bits per heavy atom. The molecule has 0 radical (unpaired) electrons. The van der Waals surface area contributed by atoms with E-state index in [9.17, 15) is 9.59 Å². The lowest BCUT2D eigenvalue weighted by atomic mass is 10.2. The molecule has 0 unspecified atom stereocenters. The Morgan fingerprint density at radius 1 is 1.21 bits per heavy atom. The van der Waals surface area contributed by atoms with Crippen LogP contribution in [0.3, 0.4) is 0 Å². The van der Waals surface area contributed by atoms with Crippen LogP contribution in [0, 0.1) is 0 Å². The van der Waals surface area contributed by atoms with Gasteiger partial charge in [0.15, 0.2) is 6.61 Å². The van der Waals surface area contributed by atoms with Crippen molar-refractivity contribution in [2.24, 2.45) is 0 Å². The summed E-state index contributed by atoms with van der Waals surface area (Å²) in [5, 5.41) is 3.95. The molecule has 0 aliphatic carbocycles. The van der Waals surface area contributed by atoms with Gasteiger partial charge in [-0.3, -0.25) is 4.79 Å². The molecule has 0 fully saturated rings. The molecule has 0 aliphatic heterocycles. The fourth-order valence-electron chi connectivity index (χ4n) is 2.02. The van der Waals surface area contributed by atoms with Gasteiger partial charge in [0.1, 0.15) is 17.1 Å². The average molecular weight is 349 g/mol. The lowest BCUT2D eigenvalue weighted by molar-refractivity contribution is -0.132. The minimum absolute atomic E-state index is 0.183. The third-order valence-electron chi connectivity index (χ3n) is 3.37. The zero-order valence-corrected chi connectivity index (χ0v) is 14.6. The molecular weight excluding hydrogens is 330 g/mol. The van der Waals surface area contributed by atoms with Gasteiger partial charge in [-0.25, -0.2) is 4.79 Å². The van der Waals surface area contributed by atoms with Crippen LogP contribution in [0.15, 0.2) is 35.0 Å². The van der Waals surface area contributed by atoms with E-state index in [-0.39, 0.29) is 23.8 Å². The van der Waals surface area contributed by atoms with E-state index in [1.165, 1.54) is 14.2 Å². The maximum atomic E-state index is 12.2. The summed E-state index contributed by atoms with van der Waals surface area (Å²) in [6.07, 6.45) is 0. The SMILES string of the molecule is COC(=O)c1ccc(OC)cc1OCC(=O)N(C)Cc1ccsc1. The summed E-state index contributed by atoms with van der Waals surface area (Å²) in [4.78, 5) is 25.6. The van der Waals surface area contributed by atoms with E-state index in [0.717, 1.165) is 5.56 Å². The first-order valence-corrected chi connectivity index (χ1v) is 8.13. The number of carbonyl (C=O) groups excluding carboxylic acids is 2. The zero-order chi connectivity index (χ0) is 17.5. The number of esters is 1. The van der Waals surface area contributed by atoms with Gasteiger partial charge in [0.05, 0.1) is 14.2 Å². The highest BCUT2D eigenvalue weighted by Crippen LogP contribution is 2.25. The Hall–Kier alpha value is -2.54. The number of methoxy groups -OCH3 is 2. The van der Waals surface area contributed by atoms with E-state index < -0.39 is 5.97 Å². The molecule has 0 bridgehead atoms. The van der Waals surface area contributed by atoms with Gasteiger partial charge < -0.3 is 19.1 Å². The molecule has 0 N–H and O–H groups in total. The van der Waals surface area contributed by atoms with E-state index in [1.54, 1.807) is 41.5 Å². The normalized spacial score (nSPS) is 10.1. The highest BCUT2D eigenvalue weighted by Gasteiger charge is 2.17. The lowest BCUT2D eigenvalue weighted by Gasteiger charge is -2.17. The van der Waals surface area contributed by atoms with Gasteiger partial charge in [0.25, 0.3) is 5.91 Å². The monoisotopic (exact) mass is 349 g/mol. The Kier molecular flexibility index (Phi) is 6.20. The molecule has 7 heteroatoms. The molecule has 6 nitrogen and oxygen atoms in total. The van der Waals surface area contributed by atoms with Crippen molar-refractivity contribution in [3.8, 4) is 11.5 Å². The molecule has 0 saturated carbocycles. The number of thiophene rings is 1. The van der Waals surface area contributed by atoms with Crippen LogP contribution in [0.25, 0.3) is 0 Å². The number of hydrogen-bond acceptors (Lipinski definition) is 6. The van der Waals surface area contributed by atoms with Gasteiger partial charge in [0.2, 0.25) is 0 Å². The lowest BCUT2D eigenvalue weighted by Crippen LogP contribution is -2.31. The number of hydrogen-bond donors (Lipinski definition) is 0. The van der Waals surface area contributed by atoms with Crippen LogP contribution in [-0.2, 0) is 16.1 Å². The molecule has 2 aromatic rings. The number of carbonyl (C=O) groups is 2. The number of rotatable bonds is 7. The second-order valence-electron chi connectivity index (χ2n) is 5.02. The Bertz CT molecular complexity index is 699. The minimum Gasteiger partial charge on any atom is -0.497 e. The van der Waals surface area contributed by atoms with E-state index >= 15 is 0 Å². The predicted octanol–water partition coefficient (Wildman–Crippen LogP) is 2.58. The van der Waals surface area contributed by atoms with Crippen LogP contribution in [0.4, 0.5) is 0 Å². The van der Waals surface area contributed by atoms with Crippen LogP contribution >= 0.6 is 11.3 Å². The van der Waals surface area contributed by atoms with Gasteiger partial charge in [-0.15, -0.1) is 0 Å². The molecule has 0 spiro atoms. The molecule has 0 atom stereocenters. The topological polar surface area (TPSA) is 65.1 Å². The highest BCUT2D eigenvalue weighted by molar-refractivity contribution is 7.07. The van der Waals surface area contributed by atoms with Crippen LogP contribution in [0.1, 0.15) is 15.9 Å². The molecule has 1 aromatic heterocycles. The van der Waals surface area contributed by atoms with Crippen molar-refractivity contribution in [3.63, 3.8) is 0 Å². The number of likely N-dealkylation sites (N-methyl/N-ethyl adjacent to an activating group) is 1. The second kappa shape index (κ2) is 8.35. The fraction of sp³-hybridized carbons (Fsp3) is 0.294. The van der Waals surface area contributed by atoms with E-state index in [4.69, 9.17) is 14.2 Å². The average Bonchev–Trinajstić information content (AvgIpc) is 3.11. The Morgan fingerprint density at radius 2 is 2.00 bits per heavy atom. The highest BCUT2D eigenvalue weighted by atomic mass is 32.1. The van der Waals surface area contributed by atoms with Crippen LogP contribution in [0.5, 0.6) is 11.5 Å². The fourth-order valence-corrected chi connectivity index (χ4v) is 2.68. The summed E-state index contributed by atoms with van der Waals surface area (Å²) < 4.78 is 15.4. The van der Waals surface area contributed by atoms with E-state index in [2.05, 4.69) is 0 Å². The summed E-state index contributed by atoms with van der Waals surface area (Å²) in [7, 11) is 4.50. The van der Waals surface area contributed by atoms with E-state index in [0.29, 0.717) is 12.3 Å². The maximum Gasteiger partial charge on any atom is 0.341 e. The largest absolute Gasteiger partial charge is 0.497 e. The molecular formula is C17H19NO5S. The summed E-state index contributed by atoms with van der Waals surface area (Å²) >= 11 is 1.58. The molecule has 0 aliphatic rings. The van der Waals surface area contributed by atoms with Crippen LogP contribution in [0.2, 0.25) is 0 Å². The summed E-state index contributed by atoms with van der Waals surface area (Å²) in [5.74, 6) is 0.0433. The first-order chi connectivity index (χ1) is 11.5. The Balaban J connectivity index is 2.04. The van der Waals surface area contributed by atoms with Crippen LogP contribution < -0.4 is 9.47 Å². The van der Waals surface area contributed by atoms with Gasteiger partial charge in [-0.1, -0.05) is 0 Å². The predicted molar refractivity (Wildman–Crippen MR) is 90.6 cm³/mol. The molecule has 2 rings (SSSR count). The molecule has 24 heavy (non-hydrogen) atoms. The summed E-state index contributed by atoms with van der Waals surface area (Å²) in [6.45, 7) is 0.325. The van der Waals surface area contributed by atoms with Crippen molar-refractivity contribution < 1.29 is 23.8 Å². The van der Waals surface area contributed by atoms with Gasteiger partial charge in [-0.05, 0) is 34.5 Å². The van der Waals surface area contributed by atoms with Gasteiger partial charge >= 0.3 is 5.97 Å². The number of benzene rings is 1. The van der Waals surface area contributed by atoms with Crippen molar-refractivity contribution in [3.05, 3.63) is 46.2 Å². The summed E-state index contributed by atoms with van der Waals surface area (Å²) in [6, 6.07) is 6.69. The first-order valence-electron chi connectivity index (χ1n) is 7.19. The van der Waals surface area contributed by atoms with Crippen molar-refractivity contribution in [2.75, 3.05) is 27.9 Å². The van der Waals surface area contributed by atoms with E-state index in [1.807, 2.05) is 16.8 Å². The maximum absolute atomic E-state index is 12.2. The summed E-state index contributed by atoms with van der Waals surface area (Å²) in [5.41, 5.74) is 1.30. The van der Waals surface area contributed by atoms with Crippen molar-refractivity contribution >= 4 is 23.2 Å². The van der Waals surface area contributed by atoms with Crippen LogP contribution in [-0.4, -0.2) is 44.7 Å². The second-order valence-corrected chi connectivity index (χ2v) is 5.80. The van der Waals surface area contributed by atoms with Crippen molar-refractivity contribution in [2.45, 2.75) is 6.54 Å². The number of amides is 1. The number of nitrogens with zero attached hydrogens (tertiary/aromatic N) is 1. The quantitative estimate of drug-likeness (QED) is 0.719. The molecule has 1 amide bonds. The Labute approximate surface area is 144 Å². The number of ether oxygens (including phenoxy) is 3. The molecule has 0 saturated heterocycles. The third kappa shape index (κ3) is 4.48. The van der Waals surface area contributed by atoms with Gasteiger partial charge in [0, 0.05) is 19.7 Å². The van der Waals surface area contributed by atoms with Gasteiger partial charge in [-0.2, -0.15) is 11.3 Å². The standard InChI is InChI=1S/C17H19NO5S/c1-18(9-12-6-7-24-11-12)16(19)10-23-15-8-13(21-2)4-5-14(15)17(20)22-3/h4-8,11H,9-10H2,1-3H3. The zero-order valence-electron chi connectivity index (χ0n) is 13.8. The smallest absolute Gasteiger partial charge is 0.341 e. The molecule has 1 aromatic carbocycles. The molecule has 128 valence electrons. The third-order valence-corrected chi connectivity index (χ3v) is 4.10. The first kappa shape index (κ1) is 17.8. The molecule has 1 heterocycles. The minimum atomic E-state index is -0.535.